The normalized spacial score (nSPS) is 20.2. The quantitative estimate of drug-likeness (QED) is 0.831. The number of carbonyl (C=O) groups excluding carboxylic acids is 1. The van der Waals surface area contributed by atoms with E-state index in [1.54, 1.807) is 25.4 Å². The van der Waals surface area contributed by atoms with E-state index in [9.17, 15) is 9.59 Å². The van der Waals surface area contributed by atoms with Crippen LogP contribution >= 0.6 is 0 Å². The van der Waals surface area contributed by atoms with Crippen LogP contribution < -0.4 is 11.3 Å². The van der Waals surface area contributed by atoms with Crippen molar-refractivity contribution in [2.75, 3.05) is 13.1 Å². The molecule has 0 saturated carbocycles. The van der Waals surface area contributed by atoms with Crippen molar-refractivity contribution in [2.24, 2.45) is 11.7 Å². The molecule has 0 aliphatic carbocycles. The van der Waals surface area contributed by atoms with Crippen molar-refractivity contribution in [2.45, 2.75) is 39.2 Å². The van der Waals surface area contributed by atoms with Gasteiger partial charge < -0.3 is 15.6 Å². The van der Waals surface area contributed by atoms with E-state index in [4.69, 9.17) is 5.73 Å². The summed E-state index contributed by atoms with van der Waals surface area (Å²) in [5, 5.41) is 0. The molecule has 8 heteroatoms. The van der Waals surface area contributed by atoms with E-state index in [1.165, 1.54) is 0 Å². The van der Waals surface area contributed by atoms with Gasteiger partial charge in [0.25, 0.3) is 5.56 Å². The molecule has 8 nitrogen and oxygen atoms in total. The van der Waals surface area contributed by atoms with Crippen LogP contribution in [-0.4, -0.2) is 49.9 Å². The second-order valence-corrected chi connectivity index (χ2v) is 6.74. The topological polar surface area (TPSA) is 118 Å². The van der Waals surface area contributed by atoms with Crippen LogP contribution in [0.5, 0.6) is 0 Å². The first-order chi connectivity index (χ1) is 12.5. The SMILES string of the molecule is Cc1nc(-c2ncccn2)[nH]c(=O)c1CC(=O)N1CCC[C@@H](C)[C@H]1CN. The molecule has 3 rings (SSSR count). The number of nitrogens with one attached hydrogen (secondary N) is 1. The van der Waals surface area contributed by atoms with Gasteiger partial charge in [-0.2, -0.15) is 0 Å². The van der Waals surface area contributed by atoms with Gasteiger partial charge in [-0.3, -0.25) is 9.59 Å². The Morgan fingerprint density at radius 1 is 1.38 bits per heavy atom. The van der Waals surface area contributed by atoms with Crippen LogP contribution in [0.3, 0.4) is 0 Å². The Morgan fingerprint density at radius 2 is 2.12 bits per heavy atom. The zero-order chi connectivity index (χ0) is 18.7. The number of amides is 1. The molecule has 138 valence electrons. The number of likely N-dealkylation sites (tertiary alicyclic amines) is 1. The Labute approximate surface area is 151 Å². The molecular weight excluding hydrogens is 332 g/mol. The largest absolute Gasteiger partial charge is 0.338 e. The summed E-state index contributed by atoms with van der Waals surface area (Å²) < 4.78 is 0. The van der Waals surface area contributed by atoms with E-state index >= 15 is 0 Å². The number of piperidine rings is 1. The summed E-state index contributed by atoms with van der Waals surface area (Å²) in [4.78, 5) is 42.4. The number of aryl methyl sites for hydroxylation is 1. The van der Waals surface area contributed by atoms with Gasteiger partial charge in [0.15, 0.2) is 11.6 Å². The van der Waals surface area contributed by atoms with Crippen molar-refractivity contribution < 1.29 is 4.79 Å². The number of aromatic amines is 1. The molecule has 3 heterocycles. The average molecular weight is 356 g/mol. The predicted molar refractivity (Wildman–Crippen MR) is 97.3 cm³/mol. The molecule has 0 aromatic carbocycles. The summed E-state index contributed by atoms with van der Waals surface area (Å²) in [5.41, 5.74) is 6.43. The highest BCUT2D eigenvalue weighted by atomic mass is 16.2. The van der Waals surface area contributed by atoms with Gasteiger partial charge in [0.05, 0.1) is 6.42 Å². The number of nitrogens with zero attached hydrogens (tertiary/aromatic N) is 4. The minimum absolute atomic E-state index is 0.0211. The van der Waals surface area contributed by atoms with Crippen LogP contribution in [0.2, 0.25) is 0 Å². The molecule has 0 radical (unpaired) electrons. The van der Waals surface area contributed by atoms with Crippen molar-refractivity contribution >= 4 is 5.91 Å². The van der Waals surface area contributed by atoms with Gasteiger partial charge in [-0.25, -0.2) is 15.0 Å². The predicted octanol–water partition coefficient (Wildman–Crippen LogP) is 0.664. The third kappa shape index (κ3) is 3.65. The number of H-pyrrole nitrogens is 1. The Hall–Kier alpha value is -2.61. The van der Waals surface area contributed by atoms with Crippen LogP contribution in [-0.2, 0) is 11.2 Å². The number of rotatable bonds is 4. The second kappa shape index (κ2) is 7.74. The van der Waals surface area contributed by atoms with Crippen LogP contribution in [0.25, 0.3) is 11.6 Å². The van der Waals surface area contributed by atoms with E-state index in [0.717, 1.165) is 12.8 Å². The molecule has 1 aliphatic rings. The monoisotopic (exact) mass is 356 g/mol. The minimum atomic E-state index is -0.331. The number of nitrogens with two attached hydrogens (primary N) is 1. The smallest absolute Gasteiger partial charge is 0.255 e. The van der Waals surface area contributed by atoms with Crippen molar-refractivity contribution in [3.05, 3.63) is 40.1 Å². The van der Waals surface area contributed by atoms with Gasteiger partial charge >= 0.3 is 0 Å². The van der Waals surface area contributed by atoms with Crippen molar-refractivity contribution in [3.8, 4) is 11.6 Å². The lowest BCUT2D eigenvalue weighted by Gasteiger charge is -2.39. The van der Waals surface area contributed by atoms with E-state index in [1.807, 2.05) is 4.90 Å². The first-order valence-electron chi connectivity index (χ1n) is 8.88. The van der Waals surface area contributed by atoms with E-state index < -0.39 is 0 Å². The number of hydrogen-bond acceptors (Lipinski definition) is 6. The van der Waals surface area contributed by atoms with E-state index in [0.29, 0.717) is 41.9 Å². The van der Waals surface area contributed by atoms with Gasteiger partial charge in [0.1, 0.15) is 0 Å². The van der Waals surface area contributed by atoms with Gasteiger partial charge in [-0.05, 0) is 31.7 Å². The fourth-order valence-electron chi connectivity index (χ4n) is 3.52. The highest BCUT2D eigenvalue weighted by Gasteiger charge is 2.31. The molecule has 1 saturated heterocycles. The maximum Gasteiger partial charge on any atom is 0.255 e. The Kier molecular flexibility index (Phi) is 5.41. The van der Waals surface area contributed by atoms with Crippen LogP contribution in [0.4, 0.5) is 0 Å². The summed E-state index contributed by atoms with van der Waals surface area (Å²) in [6.07, 6.45) is 5.21. The van der Waals surface area contributed by atoms with Crippen molar-refractivity contribution in [3.63, 3.8) is 0 Å². The molecule has 2 aromatic heterocycles. The maximum atomic E-state index is 12.8. The Morgan fingerprint density at radius 3 is 2.77 bits per heavy atom. The minimum Gasteiger partial charge on any atom is -0.338 e. The first-order valence-corrected chi connectivity index (χ1v) is 8.88. The summed E-state index contributed by atoms with van der Waals surface area (Å²) in [5.74, 6) is 0.938. The fraction of sp³-hybridized carbons (Fsp3) is 0.500. The summed E-state index contributed by atoms with van der Waals surface area (Å²) in [6, 6.07) is 1.72. The van der Waals surface area contributed by atoms with Crippen molar-refractivity contribution in [1.82, 2.24) is 24.8 Å². The van der Waals surface area contributed by atoms with Crippen LogP contribution in [0, 0.1) is 12.8 Å². The molecule has 3 N–H and O–H groups in total. The zero-order valence-corrected chi connectivity index (χ0v) is 15.1. The molecule has 0 spiro atoms. The zero-order valence-electron chi connectivity index (χ0n) is 15.1. The maximum absolute atomic E-state index is 12.8. The lowest BCUT2D eigenvalue weighted by molar-refractivity contribution is -0.135. The van der Waals surface area contributed by atoms with Gasteiger partial charge in [0.2, 0.25) is 5.91 Å². The Bertz CT molecular complexity index is 835. The van der Waals surface area contributed by atoms with Gasteiger partial charge in [0, 0.05) is 42.8 Å². The highest BCUT2D eigenvalue weighted by Crippen LogP contribution is 2.23. The molecule has 0 unspecified atom stereocenters. The number of carbonyl (C=O) groups is 1. The van der Waals surface area contributed by atoms with Crippen LogP contribution in [0.1, 0.15) is 31.0 Å². The summed E-state index contributed by atoms with van der Waals surface area (Å²) in [6.45, 7) is 4.96. The Balaban J connectivity index is 1.84. The molecule has 2 atom stereocenters. The molecule has 1 aliphatic heterocycles. The first kappa shape index (κ1) is 18.2. The van der Waals surface area contributed by atoms with E-state index in [-0.39, 0.29) is 23.9 Å². The van der Waals surface area contributed by atoms with E-state index in [2.05, 4.69) is 26.9 Å². The molecular formula is C18H24N6O2. The fourth-order valence-corrected chi connectivity index (χ4v) is 3.52. The summed E-state index contributed by atoms with van der Waals surface area (Å²) >= 11 is 0. The highest BCUT2D eigenvalue weighted by molar-refractivity contribution is 5.79. The second-order valence-electron chi connectivity index (χ2n) is 6.74. The van der Waals surface area contributed by atoms with Crippen LogP contribution in [0.15, 0.2) is 23.3 Å². The molecule has 2 aromatic rings. The van der Waals surface area contributed by atoms with Gasteiger partial charge in [-0.1, -0.05) is 6.92 Å². The average Bonchev–Trinajstić information content (AvgIpc) is 2.64. The molecule has 26 heavy (non-hydrogen) atoms. The standard InChI is InChI=1S/C18H24N6O2/c1-11-5-3-8-24(14(11)10-19)15(25)9-13-12(2)22-17(23-18(13)26)16-20-6-4-7-21-16/h4,6-7,11,14H,3,5,8-10,19H2,1-2H3,(H,22,23,26)/t11-,14-/m1/s1. The van der Waals surface area contributed by atoms with Crippen molar-refractivity contribution in [1.29, 1.82) is 0 Å². The lowest BCUT2D eigenvalue weighted by Crippen LogP contribution is -2.52. The van der Waals surface area contributed by atoms with Gasteiger partial charge in [-0.15, -0.1) is 0 Å². The molecule has 0 bridgehead atoms. The molecule has 1 amide bonds. The number of hydrogen-bond donors (Lipinski definition) is 2. The summed E-state index contributed by atoms with van der Waals surface area (Å²) in [7, 11) is 0. The third-order valence-corrected chi connectivity index (χ3v) is 5.01. The third-order valence-electron chi connectivity index (χ3n) is 5.01. The lowest BCUT2D eigenvalue weighted by atomic mass is 9.90. The number of aromatic nitrogens is 4. The molecule has 1 fully saturated rings.